The van der Waals surface area contributed by atoms with Gasteiger partial charge in [-0.3, -0.25) is 9.88 Å². The van der Waals surface area contributed by atoms with Crippen LogP contribution in [0.25, 0.3) is 0 Å². The van der Waals surface area contributed by atoms with Gasteiger partial charge in [0.1, 0.15) is 17.3 Å². The van der Waals surface area contributed by atoms with E-state index in [9.17, 15) is 9.36 Å². The molecule has 152 valence electrons. The van der Waals surface area contributed by atoms with Crippen molar-refractivity contribution < 1.29 is 14.5 Å². The number of aliphatic carboxylic acids is 1. The summed E-state index contributed by atoms with van der Waals surface area (Å²) in [4.78, 5) is 19.3. The fourth-order valence-electron chi connectivity index (χ4n) is 2.00. The van der Waals surface area contributed by atoms with Crippen molar-refractivity contribution >= 4 is 56.4 Å². The maximum absolute atomic E-state index is 13.2. The molecule has 0 aliphatic rings. The molecule has 0 radical (unpaired) electrons. The van der Waals surface area contributed by atoms with E-state index in [2.05, 4.69) is 15.1 Å². The van der Waals surface area contributed by atoms with E-state index in [4.69, 9.17) is 5.11 Å². The molecule has 2 rings (SSSR count). The molecule has 0 fully saturated rings. The fourth-order valence-corrected chi connectivity index (χ4v) is 10.1. The highest BCUT2D eigenvalue weighted by Gasteiger charge is 2.21. The van der Waals surface area contributed by atoms with Gasteiger partial charge >= 0.3 is 5.97 Å². The van der Waals surface area contributed by atoms with Crippen molar-refractivity contribution in [3.8, 4) is 0 Å². The van der Waals surface area contributed by atoms with Crippen LogP contribution < -0.4 is 5.09 Å². The third kappa shape index (κ3) is 10.2. The molecule has 11 heteroatoms. The monoisotopic (exact) mass is 475 g/mol. The zero-order chi connectivity index (χ0) is 20.1. The van der Waals surface area contributed by atoms with Crippen LogP contribution in [0.1, 0.15) is 6.42 Å². The number of nitrogens with one attached hydrogen (secondary N) is 1. The van der Waals surface area contributed by atoms with Gasteiger partial charge in [0, 0.05) is 42.8 Å². The first kappa shape index (κ1) is 23.6. The van der Waals surface area contributed by atoms with Gasteiger partial charge in [-0.1, -0.05) is 33.7 Å². The van der Waals surface area contributed by atoms with Crippen LogP contribution in [-0.2, 0) is 9.36 Å². The molecular weight excluding hydrogens is 453 g/mol. The Morgan fingerprint density at radius 2 is 1.50 bits per heavy atom. The van der Waals surface area contributed by atoms with Crippen LogP contribution in [0.5, 0.6) is 0 Å². The van der Waals surface area contributed by atoms with Crippen LogP contribution in [0.3, 0.4) is 0 Å². The molecule has 28 heavy (non-hydrogen) atoms. The summed E-state index contributed by atoms with van der Waals surface area (Å²) in [6.07, 6.45) is 4.50. The van der Waals surface area contributed by atoms with Crippen molar-refractivity contribution in [2.45, 2.75) is 16.5 Å². The minimum atomic E-state index is -2.64. The van der Waals surface area contributed by atoms with Crippen molar-refractivity contribution in [2.24, 2.45) is 0 Å². The lowest BCUT2D eigenvalue weighted by Crippen LogP contribution is -2.20. The second-order valence-corrected chi connectivity index (χ2v) is 13.4. The first-order valence-corrected chi connectivity index (χ1v) is 15.2. The van der Waals surface area contributed by atoms with E-state index in [0.717, 1.165) is 10.1 Å². The third-order valence-electron chi connectivity index (χ3n) is 3.37. The average molecular weight is 476 g/mol. The molecule has 0 atom stereocenters. The van der Waals surface area contributed by atoms with E-state index < -0.39 is 13.3 Å². The molecule has 2 heterocycles. The quantitative estimate of drug-likeness (QED) is 0.221. The Kier molecular flexibility index (Phi) is 11.4. The van der Waals surface area contributed by atoms with Crippen molar-refractivity contribution in [2.75, 3.05) is 30.4 Å². The Bertz CT molecular complexity index is 704. The number of aromatic nitrogens is 2. The first-order chi connectivity index (χ1) is 13.6. The average Bonchev–Trinajstić information content (AvgIpc) is 2.70. The van der Waals surface area contributed by atoms with Crippen LogP contribution in [-0.4, -0.2) is 51.4 Å². The number of pyridine rings is 2. The SMILES string of the molecule is O=C(O)CCNP(=O)(CCSSc1ccccn1)CCSSc1ccccn1. The molecule has 0 amide bonds. The Morgan fingerprint density at radius 3 is 1.93 bits per heavy atom. The predicted molar refractivity (Wildman–Crippen MR) is 123 cm³/mol. The highest BCUT2D eigenvalue weighted by atomic mass is 33.1. The molecule has 0 aliphatic heterocycles. The minimum Gasteiger partial charge on any atom is -0.481 e. The number of hydrogen-bond donors (Lipinski definition) is 2. The van der Waals surface area contributed by atoms with Crippen molar-refractivity contribution in [1.82, 2.24) is 15.1 Å². The summed E-state index contributed by atoms with van der Waals surface area (Å²) in [7, 11) is 3.71. The van der Waals surface area contributed by atoms with Gasteiger partial charge in [0.15, 0.2) is 0 Å². The lowest BCUT2D eigenvalue weighted by Gasteiger charge is -2.19. The van der Waals surface area contributed by atoms with Crippen LogP contribution in [0.4, 0.5) is 0 Å². The number of nitrogens with zero attached hydrogens (tertiary/aromatic N) is 2. The Morgan fingerprint density at radius 1 is 0.964 bits per heavy atom. The van der Waals surface area contributed by atoms with Crippen LogP contribution >= 0.6 is 50.5 Å². The largest absolute Gasteiger partial charge is 0.481 e. The van der Waals surface area contributed by atoms with Gasteiger partial charge in [0.05, 0.1) is 6.42 Å². The maximum Gasteiger partial charge on any atom is 0.304 e. The summed E-state index contributed by atoms with van der Waals surface area (Å²) >= 11 is 0. The molecule has 2 aromatic rings. The van der Waals surface area contributed by atoms with Crippen molar-refractivity contribution in [1.29, 1.82) is 0 Å². The van der Waals surface area contributed by atoms with Crippen molar-refractivity contribution in [3.05, 3.63) is 48.8 Å². The Hall–Kier alpha value is -0.640. The standard InChI is InChI=1S/C17H22N3O3PS4/c21-17(22)7-10-20-24(23,11-13-25-27-15-5-1-3-8-18-15)12-14-26-28-16-6-2-4-9-19-16/h1-6,8-9H,7,10-14H2,(H,20,23)(H,21,22). The van der Waals surface area contributed by atoms with Gasteiger partial charge in [0.2, 0.25) is 0 Å². The van der Waals surface area contributed by atoms with E-state index in [1.54, 1.807) is 55.6 Å². The summed E-state index contributed by atoms with van der Waals surface area (Å²) < 4.78 is 13.2. The third-order valence-corrected chi connectivity index (χ3v) is 11.2. The summed E-state index contributed by atoms with van der Waals surface area (Å²) in [6.45, 7) is 0.225. The lowest BCUT2D eigenvalue weighted by molar-refractivity contribution is -0.136. The zero-order valence-electron chi connectivity index (χ0n) is 15.1. The van der Waals surface area contributed by atoms with Gasteiger partial charge < -0.3 is 9.67 Å². The molecule has 2 N–H and O–H groups in total. The number of carboxylic acid groups (broad SMARTS) is 1. The normalized spacial score (nSPS) is 11.4. The number of hydrogen-bond acceptors (Lipinski definition) is 8. The van der Waals surface area contributed by atoms with Crippen molar-refractivity contribution in [3.63, 3.8) is 0 Å². The smallest absolute Gasteiger partial charge is 0.304 e. The summed E-state index contributed by atoms with van der Waals surface area (Å²) in [5, 5.41) is 13.7. The zero-order valence-corrected chi connectivity index (χ0v) is 19.3. The number of carboxylic acids is 1. The lowest BCUT2D eigenvalue weighted by atomic mass is 10.5. The van der Waals surface area contributed by atoms with E-state index in [0.29, 0.717) is 23.8 Å². The van der Waals surface area contributed by atoms with Gasteiger partial charge in [-0.25, -0.2) is 9.97 Å². The fraction of sp³-hybridized carbons (Fsp3) is 0.353. The van der Waals surface area contributed by atoms with E-state index in [1.807, 2.05) is 36.4 Å². The molecule has 0 unspecified atom stereocenters. The molecule has 0 saturated heterocycles. The van der Waals surface area contributed by atoms with Gasteiger partial charge in [-0.2, -0.15) is 0 Å². The summed E-state index contributed by atoms with van der Waals surface area (Å²) in [5.74, 6) is 0.520. The Balaban J connectivity index is 1.76. The minimum absolute atomic E-state index is 0.0321. The van der Waals surface area contributed by atoms with Gasteiger partial charge in [-0.05, 0) is 45.9 Å². The second-order valence-electron chi connectivity index (χ2n) is 5.53. The molecule has 0 bridgehead atoms. The van der Waals surface area contributed by atoms with Gasteiger partial charge in [-0.15, -0.1) is 0 Å². The summed E-state index contributed by atoms with van der Waals surface area (Å²) in [5.41, 5.74) is 0. The van der Waals surface area contributed by atoms with Crippen LogP contribution in [0, 0.1) is 0 Å². The van der Waals surface area contributed by atoms with Crippen LogP contribution in [0.2, 0.25) is 0 Å². The second kappa shape index (κ2) is 13.6. The summed E-state index contributed by atoms with van der Waals surface area (Å²) in [6, 6.07) is 11.5. The first-order valence-electron chi connectivity index (χ1n) is 8.53. The van der Waals surface area contributed by atoms with E-state index >= 15 is 0 Å². The van der Waals surface area contributed by atoms with E-state index in [-0.39, 0.29) is 13.0 Å². The molecule has 0 spiro atoms. The van der Waals surface area contributed by atoms with Gasteiger partial charge in [0.25, 0.3) is 0 Å². The van der Waals surface area contributed by atoms with E-state index in [1.165, 1.54) is 0 Å². The highest BCUT2D eigenvalue weighted by molar-refractivity contribution is 8.77. The molecule has 6 nitrogen and oxygen atoms in total. The molecule has 0 saturated carbocycles. The molecule has 0 aromatic carbocycles. The predicted octanol–water partition coefficient (Wildman–Crippen LogP) is 5.00. The Labute approximate surface area is 181 Å². The maximum atomic E-state index is 13.2. The molecule has 2 aromatic heterocycles. The number of rotatable bonds is 14. The molecular formula is C17H22N3O3PS4. The van der Waals surface area contributed by atoms with Crippen LogP contribution in [0.15, 0.2) is 58.8 Å². The molecule has 0 aliphatic carbocycles. The highest BCUT2D eigenvalue weighted by Crippen LogP contribution is 2.44. The topological polar surface area (TPSA) is 92.2 Å². The number of carbonyl (C=O) groups is 1.